The molecule has 0 saturated carbocycles. The summed E-state index contributed by atoms with van der Waals surface area (Å²) in [5.41, 5.74) is 8.30. The lowest BCUT2D eigenvalue weighted by Crippen LogP contribution is -2.15. The maximum absolute atomic E-state index is 11.3. The first-order chi connectivity index (χ1) is 17.9. The molecular formula is C30H32O6S. The first-order valence-corrected chi connectivity index (χ1v) is 14.4. The van der Waals surface area contributed by atoms with Crippen molar-refractivity contribution in [3.05, 3.63) is 76.3 Å². The minimum Gasteiger partial charge on any atom is -0.493 e. The fourth-order valence-corrected chi connectivity index (χ4v) is 5.73. The maximum Gasteiger partial charge on any atom is 0.304 e. The highest BCUT2D eigenvalue weighted by Crippen LogP contribution is 2.42. The summed E-state index contributed by atoms with van der Waals surface area (Å²) < 4.78 is 29.2. The highest BCUT2D eigenvalue weighted by atomic mass is 32.2. The van der Waals surface area contributed by atoms with E-state index in [1.165, 1.54) is 27.8 Å². The summed E-state index contributed by atoms with van der Waals surface area (Å²) in [6.07, 6.45) is 4.65. The molecule has 37 heavy (non-hydrogen) atoms. The van der Waals surface area contributed by atoms with Gasteiger partial charge in [0.1, 0.15) is 23.9 Å². The molecule has 194 valence electrons. The van der Waals surface area contributed by atoms with E-state index in [4.69, 9.17) is 19.3 Å². The molecule has 3 aromatic rings. The van der Waals surface area contributed by atoms with Crippen LogP contribution in [0, 0.1) is 6.92 Å². The third-order valence-electron chi connectivity index (χ3n) is 7.07. The number of rotatable bonds is 11. The average Bonchev–Trinajstić information content (AvgIpc) is 3.23. The second-order valence-corrected chi connectivity index (χ2v) is 11.4. The van der Waals surface area contributed by atoms with Crippen LogP contribution in [-0.4, -0.2) is 40.5 Å². The zero-order chi connectivity index (χ0) is 25.9. The molecule has 2 unspecified atom stereocenters. The maximum atomic E-state index is 11.3. The van der Waals surface area contributed by atoms with E-state index in [1.54, 1.807) is 6.26 Å². The fourth-order valence-electron chi connectivity index (χ4n) is 5.20. The number of hydrogen-bond donors (Lipinski definition) is 1. The molecule has 0 saturated heterocycles. The molecule has 1 N–H and O–H groups in total. The summed E-state index contributed by atoms with van der Waals surface area (Å²) >= 11 is 0. The van der Waals surface area contributed by atoms with Crippen LogP contribution in [0.1, 0.15) is 46.6 Å². The van der Waals surface area contributed by atoms with Crippen molar-refractivity contribution in [3.63, 3.8) is 0 Å². The molecule has 7 heteroatoms. The van der Waals surface area contributed by atoms with Crippen LogP contribution in [0.4, 0.5) is 0 Å². The molecule has 0 aromatic heterocycles. The number of hydrogen-bond acceptors (Lipinski definition) is 5. The Labute approximate surface area is 220 Å². The number of ether oxygens (including phenoxy) is 3. The van der Waals surface area contributed by atoms with Gasteiger partial charge >= 0.3 is 5.97 Å². The molecule has 0 fully saturated rings. The predicted octanol–water partition coefficient (Wildman–Crippen LogP) is 5.44. The summed E-state index contributed by atoms with van der Waals surface area (Å²) in [5, 5.41) is 9.10. The number of benzene rings is 3. The minimum absolute atomic E-state index is 0.0667. The van der Waals surface area contributed by atoms with E-state index in [0.717, 1.165) is 36.1 Å². The largest absolute Gasteiger partial charge is 0.493 e. The third kappa shape index (κ3) is 5.67. The average molecular weight is 521 g/mol. The Kier molecular flexibility index (Phi) is 7.51. The van der Waals surface area contributed by atoms with E-state index in [-0.39, 0.29) is 12.3 Å². The van der Waals surface area contributed by atoms with Crippen LogP contribution in [-0.2, 0) is 35.0 Å². The Morgan fingerprint density at radius 3 is 2.70 bits per heavy atom. The van der Waals surface area contributed by atoms with Crippen molar-refractivity contribution in [2.24, 2.45) is 0 Å². The molecule has 2 aliphatic rings. The monoisotopic (exact) mass is 520 g/mol. The molecule has 0 radical (unpaired) electrons. The van der Waals surface area contributed by atoms with Crippen LogP contribution in [0.25, 0.3) is 11.1 Å². The first kappa shape index (κ1) is 25.3. The molecule has 6 nitrogen and oxygen atoms in total. The quantitative estimate of drug-likeness (QED) is 0.339. The van der Waals surface area contributed by atoms with Crippen molar-refractivity contribution in [2.75, 3.05) is 25.2 Å². The molecule has 1 aliphatic carbocycles. The predicted molar refractivity (Wildman–Crippen MR) is 144 cm³/mol. The van der Waals surface area contributed by atoms with E-state index < -0.39 is 16.8 Å². The van der Waals surface area contributed by atoms with Gasteiger partial charge in [-0.3, -0.25) is 9.00 Å². The van der Waals surface area contributed by atoms with Crippen molar-refractivity contribution >= 4 is 16.8 Å². The Hall–Kier alpha value is -3.32. The summed E-state index contributed by atoms with van der Waals surface area (Å²) in [6.45, 7) is 3.53. The lowest BCUT2D eigenvalue weighted by molar-refractivity contribution is -0.137. The lowest BCUT2D eigenvalue weighted by Gasteiger charge is -2.28. The second-order valence-electron chi connectivity index (χ2n) is 9.80. The molecular weight excluding hydrogens is 488 g/mol. The van der Waals surface area contributed by atoms with Crippen molar-refractivity contribution in [3.8, 4) is 28.4 Å². The molecule has 2 atom stereocenters. The van der Waals surface area contributed by atoms with Gasteiger partial charge in [-0.05, 0) is 77.8 Å². The number of carboxylic acid groups (broad SMARTS) is 1. The van der Waals surface area contributed by atoms with Crippen molar-refractivity contribution in [1.29, 1.82) is 0 Å². The summed E-state index contributed by atoms with van der Waals surface area (Å²) in [4.78, 5) is 11.1. The van der Waals surface area contributed by atoms with E-state index in [0.29, 0.717) is 37.1 Å². The normalized spacial score (nSPS) is 16.2. The van der Waals surface area contributed by atoms with Gasteiger partial charge in [0.2, 0.25) is 0 Å². The van der Waals surface area contributed by atoms with E-state index >= 15 is 0 Å². The van der Waals surface area contributed by atoms with Gasteiger partial charge in [0.15, 0.2) is 0 Å². The highest BCUT2D eigenvalue weighted by Gasteiger charge is 2.27. The van der Waals surface area contributed by atoms with Gasteiger partial charge in [0.25, 0.3) is 0 Å². The molecule has 0 amide bonds. The van der Waals surface area contributed by atoms with Crippen molar-refractivity contribution < 1.29 is 28.3 Å². The standard InChI is InChI=1S/C30H32O6S/c1-19-13-27(34-11-4-12-37(2)33)25-9-10-26(25)30(19)21-6-3-5-20(14-21)17-35-23-7-8-24-22(15-29(31)32)18-36-28(24)16-23/h3,5-8,13-14,16,22H,4,9-12,15,17-18H2,1-2H3,(H,31,32). The van der Waals surface area contributed by atoms with Gasteiger partial charge < -0.3 is 19.3 Å². The van der Waals surface area contributed by atoms with Crippen molar-refractivity contribution in [2.45, 2.75) is 45.1 Å². The SMILES string of the molecule is Cc1cc(OCCCS(C)=O)c2c(c1-c1cccc(COc3ccc4c(c3)OCC4CC(=O)O)c1)CC2. The summed E-state index contributed by atoms with van der Waals surface area (Å²) in [5.74, 6) is 2.11. The second kappa shape index (κ2) is 11.0. The molecule has 0 spiro atoms. The fraction of sp³-hybridized carbons (Fsp3) is 0.367. The van der Waals surface area contributed by atoms with Gasteiger partial charge in [-0.15, -0.1) is 0 Å². The number of carboxylic acids is 1. The topological polar surface area (TPSA) is 82.1 Å². The van der Waals surface area contributed by atoms with E-state index in [2.05, 4.69) is 37.3 Å². The molecule has 3 aromatic carbocycles. The van der Waals surface area contributed by atoms with E-state index in [1.807, 2.05) is 18.2 Å². The lowest BCUT2D eigenvalue weighted by atomic mass is 9.79. The molecule has 5 rings (SSSR count). The smallest absolute Gasteiger partial charge is 0.304 e. The number of aryl methyl sites for hydroxylation is 1. The Morgan fingerprint density at radius 1 is 1.11 bits per heavy atom. The van der Waals surface area contributed by atoms with Crippen LogP contribution in [0.3, 0.4) is 0 Å². The zero-order valence-corrected chi connectivity index (χ0v) is 22.1. The Morgan fingerprint density at radius 2 is 1.95 bits per heavy atom. The number of aliphatic carboxylic acids is 1. The Balaban J connectivity index is 1.28. The molecule has 0 bridgehead atoms. The van der Waals surface area contributed by atoms with Crippen LogP contribution in [0.15, 0.2) is 48.5 Å². The van der Waals surface area contributed by atoms with Gasteiger partial charge in [-0.25, -0.2) is 0 Å². The minimum atomic E-state index is -0.820. The van der Waals surface area contributed by atoms with E-state index in [9.17, 15) is 9.00 Å². The van der Waals surface area contributed by atoms with Gasteiger partial charge in [-0.1, -0.05) is 24.3 Å². The summed E-state index contributed by atoms with van der Waals surface area (Å²) in [7, 11) is -0.788. The first-order valence-electron chi connectivity index (χ1n) is 12.7. The molecule has 1 aliphatic heterocycles. The zero-order valence-electron chi connectivity index (χ0n) is 21.2. The van der Waals surface area contributed by atoms with Gasteiger partial charge in [-0.2, -0.15) is 0 Å². The third-order valence-corrected chi connectivity index (χ3v) is 7.93. The number of carbonyl (C=O) groups is 1. The van der Waals surface area contributed by atoms with Gasteiger partial charge in [0.05, 0.1) is 19.6 Å². The van der Waals surface area contributed by atoms with Crippen LogP contribution < -0.4 is 14.2 Å². The van der Waals surface area contributed by atoms with Crippen LogP contribution >= 0.6 is 0 Å². The highest BCUT2D eigenvalue weighted by molar-refractivity contribution is 7.84. The van der Waals surface area contributed by atoms with Gasteiger partial charge in [0, 0.05) is 40.4 Å². The van der Waals surface area contributed by atoms with Crippen LogP contribution in [0.2, 0.25) is 0 Å². The van der Waals surface area contributed by atoms with Crippen molar-refractivity contribution in [1.82, 2.24) is 0 Å². The van der Waals surface area contributed by atoms with Crippen LogP contribution in [0.5, 0.6) is 17.2 Å². The number of fused-ring (bicyclic) bond motifs is 2. The summed E-state index contributed by atoms with van der Waals surface area (Å²) in [6, 6.07) is 16.2. The Bertz CT molecular complexity index is 1350. The molecule has 1 heterocycles.